The molecular weight excluding hydrogens is 246 g/mol. The summed E-state index contributed by atoms with van der Waals surface area (Å²) in [6, 6.07) is 8.29. The number of carboxylic acids is 1. The van der Waals surface area contributed by atoms with E-state index in [1.54, 1.807) is 0 Å². The summed E-state index contributed by atoms with van der Waals surface area (Å²) in [7, 11) is 0. The highest BCUT2D eigenvalue weighted by molar-refractivity contribution is 5.84. The van der Waals surface area contributed by atoms with E-state index >= 15 is 0 Å². The van der Waals surface area contributed by atoms with Gasteiger partial charge in [-0.2, -0.15) is 0 Å². The Morgan fingerprint density at radius 1 is 1.37 bits per heavy atom. The topological polar surface area (TPSA) is 75.6 Å². The monoisotopic (exact) mass is 261 g/mol. The lowest BCUT2D eigenvalue weighted by atomic mass is 10.2. The van der Waals surface area contributed by atoms with Gasteiger partial charge in [-0.1, -0.05) is 30.3 Å². The van der Waals surface area contributed by atoms with Crippen LogP contribution in [-0.4, -0.2) is 29.6 Å². The van der Waals surface area contributed by atoms with Crippen molar-refractivity contribution in [3.63, 3.8) is 0 Å². The number of hydrogen-bond donors (Lipinski definition) is 2. The Bertz CT molecular complexity index is 464. The first-order valence-electron chi connectivity index (χ1n) is 5.70. The van der Waals surface area contributed by atoms with Crippen molar-refractivity contribution in [3.05, 3.63) is 35.9 Å². The second-order valence-corrected chi connectivity index (χ2v) is 3.84. The standard InChI is InChI=1S/C14H15NO4/c1-2-6-12(14(17)18)15-13(16)10-19-9-11-7-4-3-5-8-11/h1,3-5,7-8,12H,6,9-10H2,(H,15,16)(H,17,18). The Labute approximate surface area is 111 Å². The molecule has 1 rings (SSSR count). The molecule has 0 radical (unpaired) electrons. The number of terminal acetylenes is 1. The van der Waals surface area contributed by atoms with Crippen molar-refractivity contribution < 1.29 is 19.4 Å². The van der Waals surface area contributed by atoms with Crippen LogP contribution in [-0.2, 0) is 20.9 Å². The number of aliphatic carboxylic acids is 1. The molecule has 1 unspecified atom stereocenters. The van der Waals surface area contributed by atoms with Crippen molar-refractivity contribution in [1.29, 1.82) is 0 Å². The average molecular weight is 261 g/mol. The lowest BCUT2D eigenvalue weighted by molar-refractivity contribution is -0.142. The van der Waals surface area contributed by atoms with Crippen molar-refractivity contribution in [1.82, 2.24) is 5.32 Å². The molecule has 100 valence electrons. The number of hydrogen-bond acceptors (Lipinski definition) is 3. The third-order valence-electron chi connectivity index (χ3n) is 2.30. The van der Waals surface area contributed by atoms with Crippen LogP contribution in [0.15, 0.2) is 30.3 Å². The van der Waals surface area contributed by atoms with Gasteiger partial charge in [0.15, 0.2) is 0 Å². The highest BCUT2D eigenvalue weighted by Gasteiger charge is 2.18. The van der Waals surface area contributed by atoms with Crippen LogP contribution >= 0.6 is 0 Å². The third kappa shape index (κ3) is 5.70. The summed E-state index contributed by atoms with van der Waals surface area (Å²) < 4.78 is 5.18. The molecule has 0 heterocycles. The summed E-state index contributed by atoms with van der Waals surface area (Å²) in [6.07, 6.45) is 4.97. The average Bonchev–Trinajstić information content (AvgIpc) is 2.39. The summed E-state index contributed by atoms with van der Waals surface area (Å²) in [4.78, 5) is 22.2. The van der Waals surface area contributed by atoms with Crippen LogP contribution in [0.5, 0.6) is 0 Å². The lowest BCUT2D eigenvalue weighted by Gasteiger charge is -2.11. The number of ether oxygens (including phenoxy) is 1. The van der Waals surface area contributed by atoms with Gasteiger partial charge in [0.1, 0.15) is 12.6 Å². The Hall–Kier alpha value is -2.32. The van der Waals surface area contributed by atoms with Crippen LogP contribution in [0.4, 0.5) is 0 Å². The summed E-state index contributed by atoms with van der Waals surface area (Å²) in [5, 5.41) is 11.1. The molecule has 0 saturated heterocycles. The van der Waals surface area contributed by atoms with Gasteiger partial charge in [-0.3, -0.25) is 4.79 Å². The number of carboxylic acid groups (broad SMARTS) is 1. The van der Waals surface area contributed by atoms with E-state index in [2.05, 4.69) is 11.2 Å². The fourth-order valence-electron chi connectivity index (χ4n) is 1.39. The van der Waals surface area contributed by atoms with Crippen LogP contribution < -0.4 is 5.32 Å². The first-order valence-corrected chi connectivity index (χ1v) is 5.70. The number of rotatable bonds is 7. The molecule has 2 N–H and O–H groups in total. The zero-order valence-electron chi connectivity index (χ0n) is 10.3. The van der Waals surface area contributed by atoms with Crippen molar-refractivity contribution in [3.8, 4) is 12.3 Å². The summed E-state index contributed by atoms with van der Waals surface area (Å²) in [6.45, 7) is 0.0877. The molecule has 0 saturated carbocycles. The molecule has 1 atom stereocenters. The van der Waals surface area contributed by atoms with Crippen LogP contribution in [0, 0.1) is 12.3 Å². The van der Waals surface area contributed by atoms with E-state index in [0.717, 1.165) is 5.56 Å². The van der Waals surface area contributed by atoms with Crippen LogP contribution in [0.25, 0.3) is 0 Å². The SMILES string of the molecule is C#CCC(NC(=O)COCc1ccccc1)C(=O)O. The number of nitrogens with one attached hydrogen (secondary N) is 1. The maximum atomic E-state index is 11.5. The fraction of sp³-hybridized carbons (Fsp3) is 0.286. The van der Waals surface area contributed by atoms with Gasteiger partial charge in [-0.25, -0.2) is 4.79 Å². The number of carbonyl (C=O) groups excluding carboxylic acids is 1. The van der Waals surface area contributed by atoms with Gasteiger partial charge in [0.05, 0.1) is 6.61 Å². The van der Waals surface area contributed by atoms with Gasteiger partial charge in [-0.15, -0.1) is 12.3 Å². The second-order valence-electron chi connectivity index (χ2n) is 3.84. The Morgan fingerprint density at radius 2 is 2.05 bits per heavy atom. The van der Waals surface area contributed by atoms with Crippen molar-refractivity contribution in [2.24, 2.45) is 0 Å². The molecule has 0 aliphatic carbocycles. The Morgan fingerprint density at radius 3 is 2.63 bits per heavy atom. The van der Waals surface area contributed by atoms with Crippen molar-refractivity contribution >= 4 is 11.9 Å². The van der Waals surface area contributed by atoms with E-state index in [-0.39, 0.29) is 13.0 Å². The zero-order chi connectivity index (χ0) is 14.1. The molecular formula is C14H15NO4. The van der Waals surface area contributed by atoms with Crippen molar-refractivity contribution in [2.75, 3.05) is 6.61 Å². The lowest BCUT2D eigenvalue weighted by Crippen LogP contribution is -2.42. The molecule has 0 bridgehead atoms. The molecule has 1 aromatic carbocycles. The molecule has 0 spiro atoms. The fourth-order valence-corrected chi connectivity index (χ4v) is 1.39. The van der Waals surface area contributed by atoms with Crippen LogP contribution in [0.1, 0.15) is 12.0 Å². The van der Waals surface area contributed by atoms with Gasteiger partial charge >= 0.3 is 5.97 Å². The molecule has 0 fully saturated rings. The largest absolute Gasteiger partial charge is 0.480 e. The normalized spacial score (nSPS) is 11.3. The molecule has 0 aliphatic rings. The molecule has 0 aromatic heterocycles. The van der Waals surface area contributed by atoms with E-state index in [1.165, 1.54) is 0 Å². The smallest absolute Gasteiger partial charge is 0.327 e. The minimum absolute atomic E-state index is 0.0558. The molecule has 1 aromatic rings. The Balaban J connectivity index is 2.31. The summed E-state index contributed by atoms with van der Waals surface area (Å²) in [5.74, 6) is 0.541. The van der Waals surface area contributed by atoms with Gasteiger partial charge in [0.25, 0.3) is 0 Å². The maximum Gasteiger partial charge on any atom is 0.327 e. The Kier molecular flexibility index (Phi) is 6.13. The highest BCUT2D eigenvalue weighted by atomic mass is 16.5. The first-order chi connectivity index (χ1) is 9.13. The van der Waals surface area contributed by atoms with Crippen molar-refractivity contribution in [2.45, 2.75) is 19.1 Å². The molecule has 19 heavy (non-hydrogen) atoms. The van der Waals surface area contributed by atoms with E-state index in [4.69, 9.17) is 16.3 Å². The summed E-state index contributed by atoms with van der Waals surface area (Å²) in [5.41, 5.74) is 0.939. The van der Waals surface area contributed by atoms with Gasteiger partial charge in [-0.05, 0) is 5.56 Å². The number of benzene rings is 1. The van der Waals surface area contributed by atoms with E-state index in [0.29, 0.717) is 6.61 Å². The van der Waals surface area contributed by atoms with Crippen LogP contribution in [0.2, 0.25) is 0 Å². The second kappa shape index (κ2) is 7.90. The third-order valence-corrected chi connectivity index (χ3v) is 2.30. The maximum absolute atomic E-state index is 11.5. The molecule has 5 nitrogen and oxygen atoms in total. The molecule has 1 amide bonds. The predicted octanol–water partition coefficient (Wildman–Crippen LogP) is 0.796. The molecule has 5 heteroatoms. The van der Waals surface area contributed by atoms with E-state index in [1.807, 2.05) is 30.3 Å². The van der Waals surface area contributed by atoms with Crippen LogP contribution in [0.3, 0.4) is 0 Å². The molecule has 0 aliphatic heterocycles. The van der Waals surface area contributed by atoms with Gasteiger partial charge in [0.2, 0.25) is 5.91 Å². The summed E-state index contributed by atoms with van der Waals surface area (Å²) >= 11 is 0. The number of carbonyl (C=O) groups is 2. The van der Waals surface area contributed by atoms with Gasteiger partial charge in [0, 0.05) is 6.42 Å². The minimum atomic E-state index is -1.16. The zero-order valence-corrected chi connectivity index (χ0v) is 10.3. The van der Waals surface area contributed by atoms with E-state index < -0.39 is 17.9 Å². The van der Waals surface area contributed by atoms with E-state index in [9.17, 15) is 9.59 Å². The number of amides is 1. The quantitative estimate of drug-likeness (QED) is 0.712. The predicted molar refractivity (Wildman–Crippen MR) is 69.1 cm³/mol. The highest BCUT2D eigenvalue weighted by Crippen LogP contribution is 2.00. The van der Waals surface area contributed by atoms with Gasteiger partial charge < -0.3 is 15.2 Å². The first kappa shape index (κ1) is 14.7. The minimum Gasteiger partial charge on any atom is -0.480 e.